The van der Waals surface area contributed by atoms with Crippen molar-refractivity contribution in [2.24, 2.45) is 11.8 Å². The Morgan fingerprint density at radius 1 is 1.41 bits per heavy atom. The summed E-state index contributed by atoms with van der Waals surface area (Å²) < 4.78 is 10.9. The number of benzene rings is 1. The van der Waals surface area contributed by atoms with Crippen LogP contribution in [0.1, 0.15) is 5.56 Å². The number of rotatable bonds is 2. The van der Waals surface area contributed by atoms with E-state index in [1.165, 1.54) is 7.11 Å². The van der Waals surface area contributed by atoms with Gasteiger partial charge in [0.15, 0.2) is 0 Å². The Kier molecular flexibility index (Phi) is 2.72. The molecule has 114 valence electrons. The monoisotopic (exact) mass is 299 g/mol. The van der Waals surface area contributed by atoms with Gasteiger partial charge in [-0.25, -0.2) is 0 Å². The Morgan fingerprint density at radius 2 is 2.18 bits per heavy atom. The summed E-state index contributed by atoms with van der Waals surface area (Å²) >= 11 is 0. The Labute approximate surface area is 128 Å². The fourth-order valence-electron chi connectivity index (χ4n) is 3.97. The zero-order valence-electron chi connectivity index (χ0n) is 12.5. The van der Waals surface area contributed by atoms with Crippen molar-refractivity contribution in [2.45, 2.75) is 18.6 Å². The Morgan fingerprint density at radius 3 is 2.91 bits per heavy atom. The average molecular weight is 299 g/mol. The molecule has 3 aliphatic rings. The van der Waals surface area contributed by atoms with Crippen molar-refractivity contribution in [3.05, 3.63) is 42.0 Å². The molecule has 5 nitrogen and oxygen atoms in total. The SMILES string of the molecule is COC(=O)C1[C@H]2C=CC3(CN(c4ccccc4C)C(=O)[C@@H]13)O2. The lowest BCUT2D eigenvalue weighted by molar-refractivity contribution is -0.149. The van der Waals surface area contributed by atoms with Crippen molar-refractivity contribution >= 4 is 17.6 Å². The van der Waals surface area contributed by atoms with Crippen molar-refractivity contribution in [3.8, 4) is 0 Å². The zero-order valence-corrected chi connectivity index (χ0v) is 12.5. The van der Waals surface area contributed by atoms with Crippen molar-refractivity contribution in [1.29, 1.82) is 0 Å². The van der Waals surface area contributed by atoms with Crippen molar-refractivity contribution < 1.29 is 19.1 Å². The number of nitrogens with zero attached hydrogens (tertiary/aromatic N) is 1. The van der Waals surface area contributed by atoms with E-state index in [-0.39, 0.29) is 18.0 Å². The van der Waals surface area contributed by atoms with Crippen LogP contribution in [0.5, 0.6) is 0 Å². The van der Waals surface area contributed by atoms with Gasteiger partial charge in [-0.05, 0) is 18.6 Å². The predicted molar refractivity (Wildman–Crippen MR) is 79.3 cm³/mol. The van der Waals surface area contributed by atoms with Crippen LogP contribution in [0, 0.1) is 18.8 Å². The summed E-state index contributed by atoms with van der Waals surface area (Å²) in [4.78, 5) is 26.8. The fourth-order valence-corrected chi connectivity index (χ4v) is 3.97. The lowest BCUT2D eigenvalue weighted by atomic mass is 9.77. The zero-order chi connectivity index (χ0) is 15.5. The first-order valence-electron chi connectivity index (χ1n) is 7.39. The van der Waals surface area contributed by atoms with Gasteiger partial charge < -0.3 is 14.4 Å². The highest BCUT2D eigenvalue weighted by Gasteiger charge is 2.67. The van der Waals surface area contributed by atoms with Gasteiger partial charge in [0.2, 0.25) is 5.91 Å². The number of ether oxygens (including phenoxy) is 2. The van der Waals surface area contributed by atoms with Gasteiger partial charge >= 0.3 is 5.97 Å². The van der Waals surface area contributed by atoms with Gasteiger partial charge in [-0.1, -0.05) is 30.4 Å². The molecular formula is C17H17NO4. The molecule has 1 spiro atoms. The average Bonchev–Trinajstić information content (AvgIpc) is 3.15. The molecule has 3 heterocycles. The lowest BCUT2D eigenvalue weighted by Gasteiger charge is -2.22. The summed E-state index contributed by atoms with van der Waals surface area (Å²) in [5, 5.41) is 0. The number of fused-ring (bicyclic) bond motifs is 1. The highest BCUT2D eigenvalue weighted by Crippen LogP contribution is 2.53. The molecule has 5 heteroatoms. The van der Waals surface area contributed by atoms with Crippen molar-refractivity contribution in [1.82, 2.24) is 0 Å². The number of amides is 1. The second-order valence-electron chi connectivity index (χ2n) is 6.13. The molecule has 3 aliphatic heterocycles. The molecule has 1 aromatic carbocycles. The van der Waals surface area contributed by atoms with Crippen LogP contribution in [0.3, 0.4) is 0 Å². The van der Waals surface area contributed by atoms with Crippen LogP contribution < -0.4 is 4.90 Å². The van der Waals surface area contributed by atoms with Crippen LogP contribution in [0.15, 0.2) is 36.4 Å². The molecule has 2 fully saturated rings. The summed E-state index contributed by atoms with van der Waals surface area (Å²) in [6.45, 7) is 2.42. The summed E-state index contributed by atoms with van der Waals surface area (Å²) in [7, 11) is 1.35. The van der Waals surface area contributed by atoms with E-state index in [0.717, 1.165) is 11.3 Å². The second-order valence-corrected chi connectivity index (χ2v) is 6.13. The third-order valence-electron chi connectivity index (χ3n) is 4.98. The fraction of sp³-hybridized carbons (Fsp3) is 0.412. The third kappa shape index (κ3) is 1.57. The van der Waals surface area contributed by atoms with Gasteiger partial charge in [0.1, 0.15) is 11.5 Å². The number of carbonyl (C=O) groups is 2. The van der Waals surface area contributed by atoms with Crippen LogP contribution in [0.4, 0.5) is 5.69 Å². The Balaban J connectivity index is 1.75. The quantitative estimate of drug-likeness (QED) is 0.613. The van der Waals surface area contributed by atoms with Gasteiger partial charge in [0.05, 0.1) is 25.7 Å². The molecule has 4 rings (SSSR count). The molecule has 1 aromatic rings. The first-order valence-corrected chi connectivity index (χ1v) is 7.39. The van der Waals surface area contributed by atoms with Crippen LogP contribution in [-0.4, -0.2) is 37.2 Å². The number of hydrogen-bond acceptors (Lipinski definition) is 4. The van der Waals surface area contributed by atoms with Gasteiger partial charge in [0, 0.05) is 5.69 Å². The molecule has 0 saturated carbocycles. The van der Waals surface area contributed by atoms with Gasteiger partial charge in [-0.3, -0.25) is 9.59 Å². The predicted octanol–water partition coefficient (Wildman–Crippen LogP) is 1.45. The molecule has 2 saturated heterocycles. The number of para-hydroxylation sites is 1. The molecule has 0 radical (unpaired) electrons. The van der Waals surface area contributed by atoms with E-state index < -0.39 is 17.4 Å². The minimum absolute atomic E-state index is 0.0587. The summed E-state index contributed by atoms with van der Waals surface area (Å²) in [6.07, 6.45) is 3.48. The minimum atomic E-state index is -0.692. The maximum absolute atomic E-state index is 13.0. The first kappa shape index (κ1) is 13.5. The van der Waals surface area contributed by atoms with Crippen LogP contribution in [0.25, 0.3) is 0 Å². The molecule has 4 atom stereocenters. The van der Waals surface area contributed by atoms with E-state index in [1.54, 1.807) is 4.90 Å². The highest BCUT2D eigenvalue weighted by molar-refractivity contribution is 6.03. The summed E-state index contributed by atoms with van der Waals surface area (Å²) in [5.41, 5.74) is 1.21. The van der Waals surface area contributed by atoms with Crippen molar-refractivity contribution in [3.63, 3.8) is 0 Å². The maximum Gasteiger partial charge on any atom is 0.312 e. The van der Waals surface area contributed by atoms with Crippen LogP contribution in [-0.2, 0) is 19.1 Å². The third-order valence-corrected chi connectivity index (χ3v) is 4.98. The van der Waals surface area contributed by atoms with E-state index >= 15 is 0 Å². The maximum atomic E-state index is 13.0. The normalized spacial score (nSPS) is 35.1. The molecule has 0 aromatic heterocycles. The standard InChI is InChI=1S/C17H17NO4/c1-10-5-3-4-6-11(10)18-9-17-8-7-12(22-17)13(16(20)21-2)14(17)15(18)19/h3-8,12-14H,9H2,1-2H3/t12-,13?,14-,17?/m1/s1. The minimum Gasteiger partial charge on any atom is -0.469 e. The smallest absolute Gasteiger partial charge is 0.312 e. The topological polar surface area (TPSA) is 55.8 Å². The number of esters is 1. The molecule has 0 aliphatic carbocycles. The summed E-state index contributed by atoms with van der Waals surface area (Å²) in [6, 6.07) is 7.75. The van der Waals surface area contributed by atoms with Gasteiger partial charge in [-0.2, -0.15) is 0 Å². The Hall–Kier alpha value is -2.14. The summed E-state index contributed by atoms with van der Waals surface area (Å²) in [5.74, 6) is -1.47. The van der Waals surface area contributed by atoms with Crippen molar-refractivity contribution in [2.75, 3.05) is 18.6 Å². The molecule has 22 heavy (non-hydrogen) atoms. The molecule has 0 N–H and O–H groups in total. The van der Waals surface area contributed by atoms with Gasteiger partial charge in [-0.15, -0.1) is 0 Å². The number of hydrogen-bond donors (Lipinski definition) is 0. The van der Waals surface area contributed by atoms with E-state index in [4.69, 9.17) is 9.47 Å². The highest BCUT2D eigenvalue weighted by atomic mass is 16.5. The van der Waals surface area contributed by atoms with E-state index in [2.05, 4.69) is 0 Å². The number of anilines is 1. The van der Waals surface area contributed by atoms with Crippen LogP contribution in [0.2, 0.25) is 0 Å². The van der Waals surface area contributed by atoms with E-state index in [0.29, 0.717) is 6.54 Å². The molecular weight excluding hydrogens is 282 g/mol. The van der Waals surface area contributed by atoms with E-state index in [9.17, 15) is 9.59 Å². The number of carbonyl (C=O) groups excluding carboxylic acids is 2. The first-order chi connectivity index (χ1) is 10.6. The molecule has 2 bridgehead atoms. The Bertz CT molecular complexity index is 698. The second kappa shape index (κ2) is 4.43. The molecule has 1 amide bonds. The largest absolute Gasteiger partial charge is 0.469 e. The van der Waals surface area contributed by atoms with Gasteiger partial charge in [0.25, 0.3) is 0 Å². The lowest BCUT2D eigenvalue weighted by Crippen LogP contribution is -2.39. The number of aryl methyl sites for hydroxylation is 1. The number of methoxy groups -OCH3 is 1. The van der Waals surface area contributed by atoms with Crippen LogP contribution >= 0.6 is 0 Å². The molecule has 2 unspecified atom stereocenters. The van der Waals surface area contributed by atoms with E-state index in [1.807, 2.05) is 43.3 Å².